The highest BCUT2D eigenvalue weighted by Crippen LogP contribution is 2.01. The highest BCUT2D eigenvalue weighted by molar-refractivity contribution is 5.92. The number of rotatable bonds is 5. The molecule has 90 valence electrons. The van der Waals surface area contributed by atoms with Crippen LogP contribution in [0.5, 0.6) is 0 Å². The first-order valence-electron chi connectivity index (χ1n) is 5.51. The summed E-state index contributed by atoms with van der Waals surface area (Å²) in [6.07, 6.45) is 0.952. The van der Waals surface area contributed by atoms with Gasteiger partial charge < -0.3 is 10.4 Å². The SMILES string of the molecule is CCC(O)CCNC(=O)c1cc(C)nn1C. The van der Waals surface area contributed by atoms with Gasteiger partial charge in [-0.25, -0.2) is 0 Å². The zero-order chi connectivity index (χ0) is 12.1. The number of hydrogen-bond acceptors (Lipinski definition) is 3. The molecule has 0 aliphatic carbocycles. The lowest BCUT2D eigenvalue weighted by atomic mass is 10.2. The zero-order valence-electron chi connectivity index (χ0n) is 10.0. The van der Waals surface area contributed by atoms with Gasteiger partial charge in [0.25, 0.3) is 5.91 Å². The van der Waals surface area contributed by atoms with Crippen molar-refractivity contribution in [2.75, 3.05) is 6.54 Å². The Balaban J connectivity index is 2.44. The van der Waals surface area contributed by atoms with Crippen molar-refractivity contribution in [3.05, 3.63) is 17.5 Å². The fourth-order valence-electron chi connectivity index (χ4n) is 1.47. The third-order valence-electron chi connectivity index (χ3n) is 2.47. The number of aromatic nitrogens is 2. The standard InChI is InChI=1S/C11H19N3O2/c1-4-9(15)5-6-12-11(16)10-7-8(2)13-14(10)3/h7,9,15H,4-6H2,1-3H3,(H,12,16). The predicted octanol–water partition coefficient (Wildman–Crippen LogP) is 0.619. The van der Waals surface area contributed by atoms with E-state index in [1.807, 2.05) is 13.8 Å². The topological polar surface area (TPSA) is 67.2 Å². The van der Waals surface area contributed by atoms with Gasteiger partial charge in [-0.1, -0.05) is 6.92 Å². The molecule has 1 aromatic rings. The molecule has 0 bridgehead atoms. The van der Waals surface area contributed by atoms with Gasteiger partial charge in [-0.2, -0.15) is 5.10 Å². The number of carbonyl (C=O) groups is 1. The van der Waals surface area contributed by atoms with E-state index in [1.165, 1.54) is 0 Å². The summed E-state index contributed by atoms with van der Waals surface area (Å²) in [7, 11) is 1.74. The maximum Gasteiger partial charge on any atom is 0.269 e. The fraction of sp³-hybridized carbons (Fsp3) is 0.636. The zero-order valence-corrected chi connectivity index (χ0v) is 10.0. The van der Waals surface area contributed by atoms with E-state index in [1.54, 1.807) is 17.8 Å². The van der Waals surface area contributed by atoms with Gasteiger partial charge in [0.2, 0.25) is 0 Å². The summed E-state index contributed by atoms with van der Waals surface area (Å²) in [6, 6.07) is 1.74. The smallest absolute Gasteiger partial charge is 0.269 e. The molecule has 1 rings (SSSR count). The minimum Gasteiger partial charge on any atom is -0.393 e. The monoisotopic (exact) mass is 225 g/mol. The lowest BCUT2D eigenvalue weighted by Crippen LogP contribution is -2.28. The molecule has 5 heteroatoms. The van der Waals surface area contributed by atoms with Gasteiger partial charge in [-0.05, 0) is 25.8 Å². The second kappa shape index (κ2) is 5.65. The molecule has 1 amide bonds. The van der Waals surface area contributed by atoms with Gasteiger partial charge in [0.15, 0.2) is 0 Å². The molecule has 1 unspecified atom stereocenters. The Hall–Kier alpha value is -1.36. The lowest BCUT2D eigenvalue weighted by molar-refractivity contribution is 0.0932. The summed E-state index contributed by atoms with van der Waals surface area (Å²) in [5.41, 5.74) is 1.37. The van der Waals surface area contributed by atoms with Gasteiger partial charge in [0.05, 0.1) is 11.8 Å². The summed E-state index contributed by atoms with van der Waals surface area (Å²) in [4.78, 5) is 11.7. The molecule has 0 saturated carbocycles. The molecule has 0 saturated heterocycles. The Labute approximate surface area is 95.5 Å². The van der Waals surface area contributed by atoms with Gasteiger partial charge in [-0.3, -0.25) is 9.48 Å². The first-order chi connectivity index (χ1) is 7.54. The molecule has 1 aromatic heterocycles. The van der Waals surface area contributed by atoms with Crippen LogP contribution in [0.25, 0.3) is 0 Å². The van der Waals surface area contributed by atoms with E-state index in [0.29, 0.717) is 25.1 Å². The van der Waals surface area contributed by atoms with Crippen molar-refractivity contribution in [1.29, 1.82) is 0 Å². The molecule has 0 radical (unpaired) electrons. The number of nitrogens with one attached hydrogen (secondary N) is 1. The van der Waals surface area contributed by atoms with Gasteiger partial charge >= 0.3 is 0 Å². The molecule has 1 atom stereocenters. The summed E-state index contributed by atoms with van der Waals surface area (Å²) in [5.74, 6) is -0.147. The first-order valence-corrected chi connectivity index (χ1v) is 5.51. The number of nitrogens with zero attached hydrogens (tertiary/aromatic N) is 2. The number of aryl methyl sites for hydroxylation is 2. The van der Waals surface area contributed by atoms with Crippen molar-refractivity contribution in [3.63, 3.8) is 0 Å². The summed E-state index contributed by atoms with van der Waals surface area (Å²) in [5, 5.41) is 16.2. The number of carbonyl (C=O) groups excluding carboxylic acids is 1. The summed E-state index contributed by atoms with van der Waals surface area (Å²) >= 11 is 0. The molecular formula is C11H19N3O2. The molecule has 2 N–H and O–H groups in total. The average molecular weight is 225 g/mol. The minimum absolute atomic E-state index is 0.147. The third kappa shape index (κ3) is 3.34. The second-order valence-corrected chi connectivity index (χ2v) is 3.90. The van der Waals surface area contributed by atoms with Crippen molar-refractivity contribution in [3.8, 4) is 0 Å². The van der Waals surface area contributed by atoms with Crippen LogP contribution < -0.4 is 5.32 Å². The normalized spacial score (nSPS) is 12.5. The third-order valence-corrected chi connectivity index (χ3v) is 2.47. The van der Waals surface area contributed by atoms with Crippen molar-refractivity contribution >= 4 is 5.91 Å². The second-order valence-electron chi connectivity index (χ2n) is 3.90. The van der Waals surface area contributed by atoms with Crippen molar-refractivity contribution in [2.45, 2.75) is 32.8 Å². The molecular weight excluding hydrogens is 206 g/mol. The molecule has 0 aliphatic heterocycles. The van der Waals surface area contributed by atoms with E-state index < -0.39 is 0 Å². The van der Waals surface area contributed by atoms with Crippen LogP contribution >= 0.6 is 0 Å². The van der Waals surface area contributed by atoms with Crippen LogP contribution in [0, 0.1) is 6.92 Å². The van der Waals surface area contributed by atoms with E-state index in [-0.39, 0.29) is 12.0 Å². The Morgan fingerprint density at radius 3 is 2.88 bits per heavy atom. The molecule has 0 aliphatic rings. The van der Waals surface area contributed by atoms with E-state index >= 15 is 0 Å². The average Bonchev–Trinajstić information content (AvgIpc) is 2.57. The Morgan fingerprint density at radius 2 is 2.38 bits per heavy atom. The Bertz CT molecular complexity index is 360. The summed E-state index contributed by atoms with van der Waals surface area (Å²) < 4.78 is 1.56. The van der Waals surface area contributed by atoms with Crippen LogP contribution in [0.1, 0.15) is 35.9 Å². The quantitative estimate of drug-likeness (QED) is 0.772. The van der Waals surface area contributed by atoms with E-state index in [0.717, 1.165) is 5.69 Å². The predicted molar refractivity (Wildman–Crippen MR) is 61.2 cm³/mol. The van der Waals surface area contributed by atoms with Crippen molar-refractivity contribution in [1.82, 2.24) is 15.1 Å². The van der Waals surface area contributed by atoms with Gasteiger partial charge in [0.1, 0.15) is 5.69 Å². The molecule has 1 heterocycles. The van der Waals surface area contributed by atoms with Gasteiger partial charge in [-0.15, -0.1) is 0 Å². The number of aliphatic hydroxyl groups excluding tert-OH is 1. The van der Waals surface area contributed by atoms with Crippen LogP contribution in [0.4, 0.5) is 0 Å². The molecule has 16 heavy (non-hydrogen) atoms. The number of amides is 1. The highest BCUT2D eigenvalue weighted by Gasteiger charge is 2.11. The van der Waals surface area contributed by atoms with Crippen LogP contribution in [-0.4, -0.2) is 33.4 Å². The van der Waals surface area contributed by atoms with Crippen LogP contribution in [0.3, 0.4) is 0 Å². The van der Waals surface area contributed by atoms with Gasteiger partial charge in [0, 0.05) is 13.6 Å². The van der Waals surface area contributed by atoms with Crippen LogP contribution in [0.15, 0.2) is 6.07 Å². The van der Waals surface area contributed by atoms with Crippen LogP contribution in [-0.2, 0) is 7.05 Å². The Morgan fingerprint density at radius 1 is 1.69 bits per heavy atom. The first kappa shape index (κ1) is 12.7. The minimum atomic E-state index is -0.339. The summed E-state index contributed by atoms with van der Waals surface area (Å²) in [6.45, 7) is 4.24. The molecule has 0 fully saturated rings. The fourth-order valence-corrected chi connectivity index (χ4v) is 1.47. The van der Waals surface area contributed by atoms with E-state index in [9.17, 15) is 9.90 Å². The highest BCUT2D eigenvalue weighted by atomic mass is 16.3. The lowest BCUT2D eigenvalue weighted by Gasteiger charge is -2.08. The number of hydrogen-bond donors (Lipinski definition) is 2. The Kier molecular flexibility index (Phi) is 4.49. The molecule has 5 nitrogen and oxygen atoms in total. The maximum atomic E-state index is 11.7. The van der Waals surface area contributed by atoms with Crippen molar-refractivity contribution < 1.29 is 9.90 Å². The van der Waals surface area contributed by atoms with Crippen molar-refractivity contribution in [2.24, 2.45) is 7.05 Å². The number of aliphatic hydroxyl groups is 1. The molecule has 0 aromatic carbocycles. The van der Waals surface area contributed by atoms with E-state index in [2.05, 4.69) is 10.4 Å². The van der Waals surface area contributed by atoms with E-state index in [4.69, 9.17) is 0 Å². The van der Waals surface area contributed by atoms with Crippen LogP contribution in [0.2, 0.25) is 0 Å². The maximum absolute atomic E-state index is 11.7. The molecule has 0 spiro atoms. The largest absolute Gasteiger partial charge is 0.393 e.